The molecule has 2 N–H and O–H groups in total. The molecule has 0 saturated carbocycles. The molecule has 1 aromatic rings. The number of nitrogens with zero attached hydrogens (tertiary/aromatic N) is 2. The van der Waals surface area contributed by atoms with E-state index >= 15 is 0 Å². The van der Waals surface area contributed by atoms with Gasteiger partial charge in [-0.1, -0.05) is 25.1 Å². The minimum Gasteiger partial charge on any atom is -0.481 e. The quantitative estimate of drug-likeness (QED) is 0.871. The van der Waals surface area contributed by atoms with E-state index in [1.165, 1.54) is 10.6 Å². The molecule has 1 aromatic carbocycles. The van der Waals surface area contributed by atoms with Crippen molar-refractivity contribution < 1.29 is 14.7 Å². The van der Waals surface area contributed by atoms with E-state index in [1.54, 1.807) is 14.0 Å². The number of carbonyl (C=O) groups excluding carboxylic acids is 1. The predicted molar refractivity (Wildman–Crippen MR) is 89.6 cm³/mol. The Hall–Kier alpha value is -2.24. The van der Waals surface area contributed by atoms with Gasteiger partial charge in [-0.15, -0.1) is 0 Å². The second-order valence-corrected chi connectivity index (χ2v) is 6.17. The molecule has 1 atom stereocenters. The standard InChI is InChI=1S/C17H25N3O3/c1-13(16(21)22)12-19(2)17(23)18-14-8-10-20(11-9-14)15-6-4-3-5-7-15/h3-7,13-14H,8-12H2,1-2H3,(H,18,23)(H,21,22). The average Bonchev–Trinajstić information content (AvgIpc) is 2.56. The Morgan fingerprint density at radius 2 is 1.91 bits per heavy atom. The Kier molecular flexibility index (Phi) is 5.84. The number of hydrogen-bond acceptors (Lipinski definition) is 3. The number of carboxylic acids is 1. The second kappa shape index (κ2) is 7.85. The van der Waals surface area contributed by atoms with Crippen LogP contribution >= 0.6 is 0 Å². The number of hydrogen-bond donors (Lipinski definition) is 2. The van der Waals surface area contributed by atoms with E-state index in [9.17, 15) is 9.59 Å². The highest BCUT2D eigenvalue weighted by Gasteiger charge is 2.23. The molecule has 1 unspecified atom stereocenters. The number of rotatable bonds is 5. The van der Waals surface area contributed by atoms with Gasteiger partial charge in [-0.25, -0.2) is 4.79 Å². The van der Waals surface area contributed by atoms with Crippen LogP contribution in [0.3, 0.4) is 0 Å². The minimum atomic E-state index is -0.888. The van der Waals surface area contributed by atoms with Crippen molar-refractivity contribution in [1.82, 2.24) is 10.2 Å². The third-order valence-electron chi connectivity index (χ3n) is 4.26. The number of carbonyl (C=O) groups is 2. The number of nitrogens with one attached hydrogen (secondary N) is 1. The van der Waals surface area contributed by atoms with Gasteiger partial charge in [0, 0.05) is 38.4 Å². The van der Waals surface area contributed by atoms with E-state index in [1.807, 2.05) is 18.2 Å². The van der Waals surface area contributed by atoms with Crippen LogP contribution in [0.5, 0.6) is 0 Å². The lowest BCUT2D eigenvalue weighted by Crippen LogP contribution is -2.49. The van der Waals surface area contributed by atoms with Gasteiger partial charge in [-0.05, 0) is 25.0 Å². The number of piperidine rings is 1. The monoisotopic (exact) mass is 319 g/mol. The van der Waals surface area contributed by atoms with E-state index in [4.69, 9.17) is 5.11 Å². The summed E-state index contributed by atoms with van der Waals surface area (Å²) in [7, 11) is 1.63. The fourth-order valence-electron chi connectivity index (χ4n) is 2.78. The van der Waals surface area contributed by atoms with Crippen molar-refractivity contribution in [2.75, 3.05) is 31.6 Å². The van der Waals surface area contributed by atoms with Crippen LogP contribution in [-0.4, -0.2) is 54.7 Å². The van der Waals surface area contributed by atoms with Crippen molar-refractivity contribution in [3.8, 4) is 0 Å². The van der Waals surface area contributed by atoms with Crippen molar-refractivity contribution in [2.45, 2.75) is 25.8 Å². The lowest BCUT2D eigenvalue weighted by Gasteiger charge is -2.34. The van der Waals surface area contributed by atoms with Crippen molar-refractivity contribution >= 4 is 17.7 Å². The molecule has 0 radical (unpaired) electrons. The molecule has 0 aliphatic carbocycles. The summed E-state index contributed by atoms with van der Waals surface area (Å²) in [6.45, 7) is 3.63. The number of para-hydroxylation sites is 1. The first-order chi connectivity index (χ1) is 11.0. The zero-order valence-corrected chi connectivity index (χ0v) is 13.7. The summed E-state index contributed by atoms with van der Waals surface area (Å²) in [5, 5.41) is 11.9. The van der Waals surface area contributed by atoms with Gasteiger partial charge in [0.15, 0.2) is 0 Å². The molecule has 1 aliphatic rings. The van der Waals surface area contributed by atoms with Gasteiger partial charge in [-0.2, -0.15) is 0 Å². The molecular formula is C17H25N3O3. The summed E-state index contributed by atoms with van der Waals surface area (Å²) < 4.78 is 0. The number of carboxylic acid groups (broad SMARTS) is 1. The summed E-state index contributed by atoms with van der Waals surface area (Å²) in [4.78, 5) is 26.7. The van der Waals surface area contributed by atoms with Crippen LogP contribution in [0.2, 0.25) is 0 Å². The average molecular weight is 319 g/mol. The first-order valence-corrected chi connectivity index (χ1v) is 8.02. The molecule has 1 saturated heterocycles. The van der Waals surface area contributed by atoms with Gasteiger partial charge in [-0.3, -0.25) is 4.79 Å². The lowest BCUT2D eigenvalue weighted by atomic mass is 10.0. The Balaban J connectivity index is 1.77. The molecule has 0 spiro atoms. The van der Waals surface area contributed by atoms with Crippen molar-refractivity contribution in [3.05, 3.63) is 30.3 Å². The number of urea groups is 1. The Morgan fingerprint density at radius 3 is 2.48 bits per heavy atom. The Bertz CT molecular complexity index is 527. The summed E-state index contributed by atoms with van der Waals surface area (Å²) in [6.07, 6.45) is 1.78. The van der Waals surface area contributed by atoms with E-state index in [-0.39, 0.29) is 18.6 Å². The highest BCUT2D eigenvalue weighted by Crippen LogP contribution is 2.19. The van der Waals surface area contributed by atoms with Gasteiger partial charge < -0.3 is 20.2 Å². The van der Waals surface area contributed by atoms with Gasteiger partial charge in [0.25, 0.3) is 0 Å². The molecular weight excluding hydrogens is 294 g/mol. The van der Waals surface area contributed by atoms with E-state index in [2.05, 4.69) is 22.3 Å². The first kappa shape index (κ1) is 17.1. The highest BCUT2D eigenvalue weighted by molar-refractivity contribution is 5.76. The maximum Gasteiger partial charge on any atom is 0.317 e. The Labute approximate surface area is 137 Å². The van der Waals surface area contributed by atoms with E-state index in [0.29, 0.717) is 0 Å². The topological polar surface area (TPSA) is 72.9 Å². The van der Waals surface area contributed by atoms with E-state index in [0.717, 1.165) is 25.9 Å². The van der Waals surface area contributed by atoms with Gasteiger partial charge in [0.2, 0.25) is 0 Å². The fourth-order valence-corrected chi connectivity index (χ4v) is 2.78. The SMILES string of the molecule is CC(CN(C)C(=O)NC1CCN(c2ccccc2)CC1)C(=O)O. The van der Waals surface area contributed by atoms with Crippen LogP contribution in [0.1, 0.15) is 19.8 Å². The van der Waals surface area contributed by atoms with Crippen LogP contribution in [0, 0.1) is 5.92 Å². The number of anilines is 1. The number of amides is 2. The molecule has 6 nitrogen and oxygen atoms in total. The zero-order valence-electron chi connectivity index (χ0n) is 13.7. The van der Waals surface area contributed by atoms with Crippen LogP contribution in [0.15, 0.2) is 30.3 Å². The molecule has 126 valence electrons. The highest BCUT2D eigenvalue weighted by atomic mass is 16.4. The molecule has 1 fully saturated rings. The maximum atomic E-state index is 12.1. The molecule has 2 amide bonds. The Morgan fingerprint density at radius 1 is 1.30 bits per heavy atom. The number of benzene rings is 1. The summed E-state index contributed by atoms with van der Waals surface area (Å²) in [5.41, 5.74) is 1.21. The molecule has 6 heteroatoms. The zero-order chi connectivity index (χ0) is 16.8. The molecule has 2 rings (SSSR count). The van der Waals surface area contributed by atoms with Crippen LogP contribution in [0.4, 0.5) is 10.5 Å². The van der Waals surface area contributed by atoms with Gasteiger partial charge in [0.05, 0.1) is 5.92 Å². The van der Waals surface area contributed by atoms with Gasteiger partial charge in [0.1, 0.15) is 0 Å². The van der Waals surface area contributed by atoms with Crippen LogP contribution in [-0.2, 0) is 4.79 Å². The maximum absolute atomic E-state index is 12.1. The summed E-state index contributed by atoms with van der Waals surface area (Å²) in [6, 6.07) is 10.2. The third kappa shape index (κ3) is 4.87. The largest absolute Gasteiger partial charge is 0.481 e. The molecule has 1 aliphatic heterocycles. The van der Waals surface area contributed by atoms with Gasteiger partial charge >= 0.3 is 12.0 Å². The normalized spacial score (nSPS) is 16.7. The number of aliphatic carboxylic acids is 1. The predicted octanol–water partition coefficient (Wildman–Crippen LogP) is 2.02. The van der Waals surface area contributed by atoms with E-state index < -0.39 is 11.9 Å². The third-order valence-corrected chi connectivity index (χ3v) is 4.26. The smallest absolute Gasteiger partial charge is 0.317 e. The summed E-state index contributed by atoms with van der Waals surface area (Å²) >= 11 is 0. The van der Waals surface area contributed by atoms with Crippen molar-refractivity contribution in [3.63, 3.8) is 0 Å². The van der Waals surface area contributed by atoms with Crippen molar-refractivity contribution in [1.29, 1.82) is 0 Å². The molecule has 23 heavy (non-hydrogen) atoms. The molecule has 1 heterocycles. The van der Waals surface area contributed by atoms with Crippen LogP contribution in [0.25, 0.3) is 0 Å². The fraction of sp³-hybridized carbons (Fsp3) is 0.529. The molecule has 0 bridgehead atoms. The second-order valence-electron chi connectivity index (χ2n) is 6.17. The molecule has 0 aromatic heterocycles. The lowest BCUT2D eigenvalue weighted by molar-refractivity contribution is -0.141. The van der Waals surface area contributed by atoms with Crippen LogP contribution < -0.4 is 10.2 Å². The van der Waals surface area contributed by atoms with Crippen molar-refractivity contribution in [2.24, 2.45) is 5.92 Å². The minimum absolute atomic E-state index is 0.144. The summed E-state index contributed by atoms with van der Waals surface area (Å²) in [5.74, 6) is -1.45. The first-order valence-electron chi connectivity index (χ1n) is 8.02.